The Labute approximate surface area is 75.5 Å². The Bertz CT molecular complexity index is 96.1. The highest BCUT2D eigenvalue weighted by Crippen LogP contribution is 2.14. The third-order valence-corrected chi connectivity index (χ3v) is 2.36. The van der Waals surface area contributed by atoms with Gasteiger partial charge in [0.1, 0.15) is 0 Å². The number of nitrogens with zero attached hydrogens (tertiary/aromatic N) is 1. The minimum Gasteiger partial charge on any atom is -0.329 e. The minimum atomic E-state index is 0. The van der Waals surface area contributed by atoms with Gasteiger partial charge in [-0.25, -0.2) is 0 Å². The van der Waals surface area contributed by atoms with E-state index in [1.54, 1.807) is 0 Å². The Balaban J connectivity index is 0.000001000. The lowest BCUT2D eigenvalue weighted by atomic mass is 10.0. The molecule has 0 amide bonds. The van der Waals surface area contributed by atoms with E-state index in [0.717, 1.165) is 19.1 Å². The lowest BCUT2D eigenvalue weighted by Gasteiger charge is -2.32. The maximum absolute atomic E-state index is 5.48. The summed E-state index contributed by atoms with van der Waals surface area (Å²) in [5.41, 5.74) is 5.48. The molecule has 0 aromatic carbocycles. The second kappa shape index (κ2) is 5.81. The topological polar surface area (TPSA) is 29.3 Å². The molecule has 1 fully saturated rings. The Kier molecular flexibility index (Phi) is 5.92. The maximum atomic E-state index is 5.48. The van der Waals surface area contributed by atoms with Gasteiger partial charge in [-0.15, -0.1) is 12.4 Å². The summed E-state index contributed by atoms with van der Waals surface area (Å²) < 4.78 is 0. The molecule has 0 spiro atoms. The zero-order valence-corrected chi connectivity index (χ0v) is 8.07. The second-order valence-electron chi connectivity index (χ2n) is 3.17. The number of likely N-dealkylation sites (tertiary alicyclic amines) is 1. The van der Waals surface area contributed by atoms with Gasteiger partial charge in [-0.2, -0.15) is 0 Å². The zero-order chi connectivity index (χ0) is 7.40. The normalized spacial score (nSPS) is 26.2. The van der Waals surface area contributed by atoms with Crippen molar-refractivity contribution in [2.24, 2.45) is 5.73 Å². The molecule has 1 atom stereocenters. The van der Waals surface area contributed by atoms with Crippen LogP contribution in [0.3, 0.4) is 0 Å². The average molecular weight is 179 g/mol. The van der Waals surface area contributed by atoms with E-state index in [2.05, 4.69) is 11.8 Å². The van der Waals surface area contributed by atoms with Gasteiger partial charge in [-0.05, 0) is 26.3 Å². The number of nitrogens with two attached hydrogens (primary N) is 1. The van der Waals surface area contributed by atoms with Crippen molar-refractivity contribution in [3.05, 3.63) is 0 Å². The van der Waals surface area contributed by atoms with Crippen molar-refractivity contribution >= 4 is 12.4 Å². The number of halogens is 1. The van der Waals surface area contributed by atoms with E-state index in [0.29, 0.717) is 0 Å². The van der Waals surface area contributed by atoms with Crippen LogP contribution in [-0.2, 0) is 0 Å². The van der Waals surface area contributed by atoms with Crippen LogP contribution in [0.4, 0.5) is 0 Å². The molecule has 11 heavy (non-hydrogen) atoms. The second-order valence-corrected chi connectivity index (χ2v) is 3.17. The minimum absolute atomic E-state index is 0. The molecule has 1 unspecified atom stereocenters. The van der Waals surface area contributed by atoms with E-state index < -0.39 is 0 Å². The highest BCUT2D eigenvalue weighted by Gasteiger charge is 2.16. The highest BCUT2D eigenvalue weighted by molar-refractivity contribution is 5.85. The fourth-order valence-electron chi connectivity index (χ4n) is 1.66. The van der Waals surface area contributed by atoms with E-state index in [1.165, 1.54) is 25.8 Å². The smallest absolute Gasteiger partial charge is 0.0107 e. The van der Waals surface area contributed by atoms with Crippen LogP contribution in [0, 0.1) is 0 Å². The number of piperidine rings is 1. The predicted molar refractivity (Wildman–Crippen MR) is 51.2 cm³/mol. The molecule has 1 heterocycles. The van der Waals surface area contributed by atoms with Crippen LogP contribution in [-0.4, -0.2) is 30.6 Å². The highest BCUT2D eigenvalue weighted by atomic mass is 35.5. The molecule has 2 nitrogen and oxygen atoms in total. The molecule has 1 rings (SSSR count). The van der Waals surface area contributed by atoms with Gasteiger partial charge >= 0.3 is 0 Å². The maximum Gasteiger partial charge on any atom is 0.0107 e. The number of rotatable bonds is 2. The summed E-state index contributed by atoms with van der Waals surface area (Å²) in [4.78, 5) is 2.49. The lowest BCUT2D eigenvalue weighted by Crippen LogP contribution is -2.40. The first-order valence-corrected chi connectivity index (χ1v) is 4.28. The molecule has 0 bridgehead atoms. The summed E-state index contributed by atoms with van der Waals surface area (Å²) in [7, 11) is 0. The van der Waals surface area contributed by atoms with Gasteiger partial charge < -0.3 is 5.73 Å². The molecule has 1 saturated heterocycles. The fraction of sp³-hybridized carbons (Fsp3) is 1.00. The van der Waals surface area contributed by atoms with Gasteiger partial charge in [0.05, 0.1) is 0 Å². The third-order valence-electron chi connectivity index (χ3n) is 2.36. The summed E-state index contributed by atoms with van der Waals surface area (Å²) in [6.07, 6.45) is 4.13. The van der Waals surface area contributed by atoms with Crippen molar-refractivity contribution in [3.63, 3.8) is 0 Å². The Morgan fingerprint density at radius 3 is 2.73 bits per heavy atom. The molecule has 0 aromatic heterocycles. The predicted octanol–water partition coefficient (Wildman–Crippen LogP) is 1.24. The first-order valence-electron chi connectivity index (χ1n) is 4.28. The molecule has 0 radical (unpaired) electrons. The SMILES string of the molecule is CC1CCCCN1CCN.Cl. The fourth-order valence-corrected chi connectivity index (χ4v) is 1.66. The lowest BCUT2D eigenvalue weighted by molar-refractivity contribution is 0.165. The van der Waals surface area contributed by atoms with Crippen LogP contribution < -0.4 is 5.73 Å². The van der Waals surface area contributed by atoms with Crippen molar-refractivity contribution in [1.82, 2.24) is 4.90 Å². The molecular weight excluding hydrogens is 160 g/mol. The van der Waals surface area contributed by atoms with Gasteiger partial charge in [0.25, 0.3) is 0 Å². The van der Waals surface area contributed by atoms with Gasteiger partial charge in [0.15, 0.2) is 0 Å². The quantitative estimate of drug-likeness (QED) is 0.690. The van der Waals surface area contributed by atoms with Crippen LogP contribution in [0.1, 0.15) is 26.2 Å². The molecular formula is C8H19ClN2. The van der Waals surface area contributed by atoms with E-state index >= 15 is 0 Å². The van der Waals surface area contributed by atoms with Gasteiger partial charge in [0.2, 0.25) is 0 Å². The molecule has 0 aromatic rings. The van der Waals surface area contributed by atoms with Crippen molar-refractivity contribution in [2.45, 2.75) is 32.2 Å². The molecule has 1 aliphatic rings. The summed E-state index contributed by atoms with van der Waals surface area (Å²) in [5, 5.41) is 0. The van der Waals surface area contributed by atoms with Gasteiger partial charge in [0, 0.05) is 19.1 Å². The van der Waals surface area contributed by atoms with Crippen molar-refractivity contribution < 1.29 is 0 Å². The summed E-state index contributed by atoms with van der Waals surface area (Å²) in [6.45, 7) is 5.46. The molecule has 1 aliphatic heterocycles. The standard InChI is InChI=1S/C8H18N2.ClH/c1-8-4-2-3-6-10(8)7-5-9;/h8H,2-7,9H2,1H3;1H. The largest absolute Gasteiger partial charge is 0.329 e. The number of hydrogen-bond donors (Lipinski definition) is 1. The van der Waals surface area contributed by atoms with Crippen molar-refractivity contribution in [3.8, 4) is 0 Å². The third kappa shape index (κ3) is 3.41. The molecule has 68 valence electrons. The van der Waals surface area contributed by atoms with Crippen LogP contribution in [0.5, 0.6) is 0 Å². The van der Waals surface area contributed by atoms with Crippen LogP contribution in [0.25, 0.3) is 0 Å². The van der Waals surface area contributed by atoms with Crippen molar-refractivity contribution in [2.75, 3.05) is 19.6 Å². The molecule has 3 heteroatoms. The van der Waals surface area contributed by atoms with E-state index in [4.69, 9.17) is 5.73 Å². The van der Waals surface area contributed by atoms with Gasteiger partial charge in [-0.1, -0.05) is 6.42 Å². The molecule has 0 aliphatic carbocycles. The Morgan fingerprint density at radius 1 is 1.45 bits per heavy atom. The summed E-state index contributed by atoms with van der Waals surface area (Å²) in [6, 6.07) is 0.775. The van der Waals surface area contributed by atoms with E-state index in [1.807, 2.05) is 0 Å². The molecule has 0 saturated carbocycles. The van der Waals surface area contributed by atoms with E-state index in [9.17, 15) is 0 Å². The Hall–Kier alpha value is 0.210. The summed E-state index contributed by atoms with van der Waals surface area (Å²) in [5.74, 6) is 0. The van der Waals surface area contributed by atoms with Crippen LogP contribution in [0.2, 0.25) is 0 Å². The number of hydrogen-bond acceptors (Lipinski definition) is 2. The zero-order valence-electron chi connectivity index (χ0n) is 7.25. The molecule has 2 N–H and O–H groups in total. The van der Waals surface area contributed by atoms with Crippen LogP contribution in [0.15, 0.2) is 0 Å². The van der Waals surface area contributed by atoms with E-state index in [-0.39, 0.29) is 12.4 Å². The van der Waals surface area contributed by atoms with Crippen molar-refractivity contribution in [1.29, 1.82) is 0 Å². The Morgan fingerprint density at radius 2 is 2.18 bits per heavy atom. The first-order chi connectivity index (χ1) is 4.84. The monoisotopic (exact) mass is 178 g/mol. The van der Waals surface area contributed by atoms with Crippen LogP contribution >= 0.6 is 12.4 Å². The van der Waals surface area contributed by atoms with Gasteiger partial charge in [-0.3, -0.25) is 4.90 Å². The first kappa shape index (κ1) is 11.2. The summed E-state index contributed by atoms with van der Waals surface area (Å²) >= 11 is 0. The average Bonchev–Trinajstić information content (AvgIpc) is 1.94.